The lowest BCUT2D eigenvalue weighted by molar-refractivity contribution is 1.06. The first kappa shape index (κ1) is 13.1. The molecular weight excluding hydrogens is 268 g/mol. The van der Waals surface area contributed by atoms with E-state index < -0.39 is 0 Å². The highest BCUT2D eigenvalue weighted by Crippen LogP contribution is 2.28. The zero-order chi connectivity index (χ0) is 15.1. The molecule has 0 unspecified atom stereocenters. The normalized spacial score (nSPS) is 11.4. The molecule has 1 N–H and O–H groups in total. The first-order valence-corrected chi connectivity index (χ1v) is 7.63. The molecule has 4 aromatic rings. The Morgan fingerprint density at radius 3 is 2.45 bits per heavy atom. The Labute approximate surface area is 129 Å². The van der Waals surface area contributed by atoms with Crippen LogP contribution >= 0.6 is 0 Å². The number of nitrogens with zero attached hydrogens (tertiary/aromatic N) is 1. The number of aromatic amines is 1. The molecule has 0 spiro atoms. The summed E-state index contributed by atoms with van der Waals surface area (Å²) in [7, 11) is 0. The molecule has 2 heteroatoms. The molecule has 2 heterocycles. The van der Waals surface area contributed by atoms with E-state index in [4.69, 9.17) is 0 Å². The summed E-state index contributed by atoms with van der Waals surface area (Å²) >= 11 is 0. The molecular formula is C20H18N2. The molecule has 0 aliphatic heterocycles. The van der Waals surface area contributed by atoms with Crippen molar-refractivity contribution in [3.8, 4) is 0 Å². The molecule has 0 saturated carbocycles. The minimum atomic E-state index is 0.864. The largest absolute Gasteiger partial charge is 0.353 e. The maximum atomic E-state index is 4.65. The Bertz CT molecular complexity index is 959. The average Bonchev–Trinajstić information content (AvgIpc) is 2.91. The van der Waals surface area contributed by atoms with Gasteiger partial charge in [-0.25, -0.2) is 0 Å². The molecule has 0 atom stereocenters. The summed E-state index contributed by atoms with van der Waals surface area (Å²) in [6.45, 7) is 4.35. The van der Waals surface area contributed by atoms with Crippen LogP contribution < -0.4 is 0 Å². The quantitative estimate of drug-likeness (QED) is 0.556. The lowest BCUT2D eigenvalue weighted by Gasteiger charge is -2.09. The predicted octanol–water partition coefficient (Wildman–Crippen LogP) is 4.92. The molecule has 0 amide bonds. The van der Waals surface area contributed by atoms with Gasteiger partial charge in [-0.1, -0.05) is 36.4 Å². The number of benzene rings is 2. The third-order valence-corrected chi connectivity index (χ3v) is 4.50. The minimum absolute atomic E-state index is 0.864. The van der Waals surface area contributed by atoms with Crippen molar-refractivity contribution in [2.75, 3.05) is 0 Å². The van der Waals surface area contributed by atoms with E-state index >= 15 is 0 Å². The standard InChI is InChI=1S/C20H18N2/c1-13-6-5-7-14(2)17(13)12-19-20-16(10-11-21-19)15-8-3-4-9-18(15)22-20/h3-11,22H,12H2,1-2H3. The van der Waals surface area contributed by atoms with Crippen molar-refractivity contribution in [3.05, 3.63) is 77.1 Å². The second-order valence-corrected chi connectivity index (χ2v) is 5.90. The lowest BCUT2D eigenvalue weighted by Crippen LogP contribution is -1.98. The summed E-state index contributed by atoms with van der Waals surface area (Å²) in [6, 6.07) is 17.0. The number of aromatic nitrogens is 2. The van der Waals surface area contributed by atoms with Crippen LogP contribution in [0.3, 0.4) is 0 Å². The van der Waals surface area contributed by atoms with E-state index in [0.717, 1.165) is 17.6 Å². The second kappa shape index (κ2) is 4.99. The van der Waals surface area contributed by atoms with Crippen molar-refractivity contribution in [2.24, 2.45) is 0 Å². The van der Waals surface area contributed by atoms with E-state index in [1.54, 1.807) is 0 Å². The molecule has 0 radical (unpaired) electrons. The Balaban J connectivity index is 1.92. The fourth-order valence-electron chi connectivity index (χ4n) is 3.26. The number of H-pyrrole nitrogens is 1. The summed E-state index contributed by atoms with van der Waals surface area (Å²) in [4.78, 5) is 8.19. The highest BCUT2D eigenvalue weighted by Gasteiger charge is 2.11. The summed E-state index contributed by atoms with van der Waals surface area (Å²) in [6.07, 6.45) is 2.79. The highest BCUT2D eigenvalue weighted by atomic mass is 14.8. The SMILES string of the molecule is Cc1cccc(C)c1Cc1nccc2c1[nH]c1ccccc12. The summed E-state index contributed by atoms with van der Waals surface area (Å²) < 4.78 is 0. The van der Waals surface area contributed by atoms with E-state index in [9.17, 15) is 0 Å². The molecule has 2 aromatic heterocycles. The monoisotopic (exact) mass is 286 g/mol. The van der Waals surface area contributed by atoms with Gasteiger partial charge in [0.15, 0.2) is 0 Å². The van der Waals surface area contributed by atoms with Crippen LogP contribution in [0.2, 0.25) is 0 Å². The molecule has 22 heavy (non-hydrogen) atoms. The zero-order valence-corrected chi connectivity index (χ0v) is 12.9. The number of nitrogens with one attached hydrogen (secondary N) is 1. The number of para-hydroxylation sites is 1. The topological polar surface area (TPSA) is 28.7 Å². The summed E-state index contributed by atoms with van der Waals surface area (Å²) in [5.41, 5.74) is 7.48. The first-order chi connectivity index (χ1) is 10.7. The van der Waals surface area contributed by atoms with E-state index in [0.29, 0.717) is 0 Å². The number of rotatable bonds is 2. The molecule has 2 nitrogen and oxygen atoms in total. The number of aryl methyl sites for hydroxylation is 2. The fraction of sp³-hybridized carbons (Fsp3) is 0.150. The third-order valence-electron chi connectivity index (χ3n) is 4.50. The van der Waals surface area contributed by atoms with Crippen LogP contribution in [0.15, 0.2) is 54.7 Å². The number of hydrogen-bond donors (Lipinski definition) is 1. The number of pyridine rings is 1. The summed E-state index contributed by atoms with van der Waals surface area (Å²) in [5, 5.41) is 2.52. The van der Waals surface area contributed by atoms with Gasteiger partial charge in [0.25, 0.3) is 0 Å². The maximum Gasteiger partial charge on any atom is 0.0688 e. The van der Waals surface area contributed by atoms with E-state index in [2.05, 4.69) is 72.3 Å². The van der Waals surface area contributed by atoms with Crippen molar-refractivity contribution in [1.82, 2.24) is 9.97 Å². The molecule has 0 aliphatic rings. The molecule has 108 valence electrons. The van der Waals surface area contributed by atoms with Crippen LogP contribution in [0, 0.1) is 13.8 Å². The van der Waals surface area contributed by atoms with E-state index in [1.807, 2.05) is 6.20 Å². The van der Waals surface area contributed by atoms with Gasteiger partial charge in [-0.2, -0.15) is 0 Å². The minimum Gasteiger partial charge on any atom is -0.353 e. The van der Waals surface area contributed by atoms with Gasteiger partial charge in [0.05, 0.1) is 11.2 Å². The van der Waals surface area contributed by atoms with E-state index in [-0.39, 0.29) is 0 Å². The molecule has 0 aliphatic carbocycles. The smallest absolute Gasteiger partial charge is 0.0688 e. The highest BCUT2D eigenvalue weighted by molar-refractivity contribution is 6.07. The molecule has 0 saturated heterocycles. The maximum absolute atomic E-state index is 4.65. The first-order valence-electron chi connectivity index (χ1n) is 7.63. The van der Waals surface area contributed by atoms with Gasteiger partial charge in [0, 0.05) is 28.9 Å². The fourth-order valence-corrected chi connectivity index (χ4v) is 3.26. The van der Waals surface area contributed by atoms with Crippen molar-refractivity contribution in [1.29, 1.82) is 0 Å². The Morgan fingerprint density at radius 2 is 1.64 bits per heavy atom. The van der Waals surface area contributed by atoms with Crippen LogP contribution in [-0.4, -0.2) is 9.97 Å². The Kier molecular flexibility index (Phi) is 2.97. The number of fused-ring (bicyclic) bond motifs is 3. The average molecular weight is 286 g/mol. The van der Waals surface area contributed by atoms with Gasteiger partial charge in [-0.3, -0.25) is 4.98 Å². The second-order valence-electron chi connectivity index (χ2n) is 5.90. The molecule has 2 aromatic carbocycles. The lowest BCUT2D eigenvalue weighted by atomic mass is 9.98. The van der Waals surface area contributed by atoms with Crippen molar-refractivity contribution in [2.45, 2.75) is 20.3 Å². The molecule has 0 bridgehead atoms. The van der Waals surface area contributed by atoms with Gasteiger partial charge in [-0.15, -0.1) is 0 Å². The van der Waals surface area contributed by atoms with Crippen LogP contribution in [0.25, 0.3) is 21.8 Å². The Hall–Kier alpha value is -2.61. The van der Waals surface area contributed by atoms with Crippen LogP contribution in [0.1, 0.15) is 22.4 Å². The van der Waals surface area contributed by atoms with Crippen molar-refractivity contribution < 1.29 is 0 Å². The van der Waals surface area contributed by atoms with Gasteiger partial charge in [-0.05, 0) is 42.7 Å². The van der Waals surface area contributed by atoms with Crippen LogP contribution in [-0.2, 0) is 6.42 Å². The van der Waals surface area contributed by atoms with Crippen LogP contribution in [0.4, 0.5) is 0 Å². The van der Waals surface area contributed by atoms with Gasteiger partial charge >= 0.3 is 0 Å². The molecule has 4 rings (SSSR count). The number of hydrogen-bond acceptors (Lipinski definition) is 1. The van der Waals surface area contributed by atoms with E-state index in [1.165, 1.54) is 33.0 Å². The van der Waals surface area contributed by atoms with Crippen LogP contribution in [0.5, 0.6) is 0 Å². The third kappa shape index (κ3) is 2.00. The van der Waals surface area contributed by atoms with Gasteiger partial charge in [0.1, 0.15) is 0 Å². The predicted molar refractivity (Wildman–Crippen MR) is 92.3 cm³/mol. The summed E-state index contributed by atoms with van der Waals surface area (Å²) in [5.74, 6) is 0. The van der Waals surface area contributed by atoms with Crippen molar-refractivity contribution in [3.63, 3.8) is 0 Å². The van der Waals surface area contributed by atoms with Gasteiger partial charge < -0.3 is 4.98 Å². The molecule has 0 fully saturated rings. The van der Waals surface area contributed by atoms with Crippen molar-refractivity contribution >= 4 is 21.8 Å². The zero-order valence-electron chi connectivity index (χ0n) is 12.9. The Morgan fingerprint density at radius 1 is 0.864 bits per heavy atom. The van der Waals surface area contributed by atoms with Gasteiger partial charge in [0.2, 0.25) is 0 Å².